The quantitative estimate of drug-likeness (QED) is 0.177. The summed E-state index contributed by atoms with van der Waals surface area (Å²) in [6, 6.07) is 9.31. The first kappa shape index (κ1) is 31.6. The van der Waals surface area contributed by atoms with E-state index in [0.29, 0.717) is 32.4 Å². The number of rotatable bonds is 12. The van der Waals surface area contributed by atoms with Gasteiger partial charge in [-0.25, -0.2) is 0 Å². The maximum absolute atomic E-state index is 13.4. The number of carbonyl (C=O) groups excluding carboxylic acids is 3. The number of aldehydes is 1. The molecule has 2 aromatic carbocycles. The Morgan fingerprint density at radius 1 is 1.25 bits per heavy atom. The smallest absolute Gasteiger partial charge is 0.247 e. The number of aliphatic hydroxyl groups excluding tert-OH is 2. The Morgan fingerprint density at radius 2 is 1.98 bits per heavy atom. The van der Waals surface area contributed by atoms with Crippen molar-refractivity contribution in [2.45, 2.75) is 44.6 Å². The van der Waals surface area contributed by atoms with Crippen LogP contribution in [0.2, 0.25) is 5.02 Å². The summed E-state index contributed by atoms with van der Waals surface area (Å²) in [4.78, 5) is 39.3. The van der Waals surface area contributed by atoms with Crippen molar-refractivity contribution >= 4 is 52.3 Å². The third-order valence-electron chi connectivity index (χ3n) is 6.30. The van der Waals surface area contributed by atoms with E-state index in [0.717, 1.165) is 5.56 Å². The Hall–Kier alpha value is -2.93. The first-order valence-corrected chi connectivity index (χ1v) is 14.2. The van der Waals surface area contributed by atoms with E-state index in [2.05, 4.69) is 5.32 Å². The summed E-state index contributed by atoms with van der Waals surface area (Å²) < 4.78 is 12.2. The second-order valence-electron chi connectivity index (χ2n) is 9.07. The van der Waals surface area contributed by atoms with Gasteiger partial charge in [0.2, 0.25) is 11.8 Å². The Bertz CT molecular complexity index is 1270. The predicted octanol–water partition coefficient (Wildman–Crippen LogP) is 3.68. The van der Waals surface area contributed by atoms with E-state index in [4.69, 9.17) is 21.1 Å². The number of nitrogens with one attached hydrogen (secondary N) is 1. The molecule has 1 aliphatic carbocycles. The number of hydrogen-bond donors (Lipinski definition) is 3. The normalized spacial score (nSPS) is 18.6. The van der Waals surface area contributed by atoms with Gasteiger partial charge in [-0.05, 0) is 71.0 Å². The first-order valence-electron chi connectivity index (χ1n) is 12.7. The van der Waals surface area contributed by atoms with Crippen LogP contribution < -0.4 is 14.8 Å². The Kier molecular flexibility index (Phi) is 12.0. The van der Waals surface area contributed by atoms with E-state index < -0.39 is 24.2 Å². The van der Waals surface area contributed by atoms with Crippen LogP contribution in [0.5, 0.6) is 11.5 Å². The molecule has 0 aromatic heterocycles. The van der Waals surface area contributed by atoms with E-state index in [1.165, 1.54) is 30.2 Å². The second kappa shape index (κ2) is 15.2. The topological polar surface area (TPSA) is 125 Å². The Morgan fingerprint density at radius 3 is 2.60 bits per heavy atom. The van der Waals surface area contributed by atoms with E-state index in [1.807, 2.05) is 29.5 Å². The van der Waals surface area contributed by atoms with Crippen molar-refractivity contribution in [2.24, 2.45) is 0 Å². The van der Waals surface area contributed by atoms with Gasteiger partial charge in [-0.2, -0.15) is 0 Å². The Balaban J connectivity index is 2.05. The third-order valence-corrected chi connectivity index (χ3v) is 7.36. The van der Waals surface area contributed by atoms with Crippen LogP contribution in [-0.2, 0) is 16.1 Å². The maximum atomic E-state index is 13.4. The van der Waals surface area contributed by atoms with Gasteiger partial charge in [0.15, 0.2) is 11.5 Å². The van der Waals surface area contributed by atoms with Crippen LogP contribution in [0, 0.1) is 3.57 Å². The molecule has 0 fully saturated rings. The molecular formula is C29H32ClIN2O7. The van der Waals surface area contributed by atoms with E-state index in [9.17, 15) is 24.6 Å². The van der Waals surface area contributed by atoms with Crippen LogP contribution in [0.1, 0.15) is 35.7 Å². The van der Waals surface area contributed by atoms with Gasteiger partial charge in [-0.15, -0.1) is 0 Å². The molecule has 11 heteroatoms. The minimum absolute atomic E-state index is 0.0421. The first-order chi connectivity index (χ1) is 19.2. The van der Waals surface area contributed by atoms with Gasteiger partial charge >= 0.3 is 0 Å². The van der Waals surface area contributed by atoms with Crippen molar-refractivity contribution in [3.05, 3.63) is 79.9 Å². The average Bonchev–Trinajstić information content (AvgIpc) is 2.96. The molecule has 0 saturated carbocycles. The number of halogens is 2. The fraction of sp³-hybridized carbons (Fsp3) is 0.345. The van der Waals surface area contributed by atoms with E-state index in [1.54, 1.807) is 36.4 Å². The largest absolute Gasteiger partial charge is 0.493 e. The minimum Gasteiger partial charge on any atom is -0.493 e. The highest BCUT2D eigenvalue weighted by Gasteiger charge is 2.40. The van der Waals surface area contributed by atoms with Crippen LogP contribution in [0.25, 0.3) is 0 Å². The van der Waals surface area contributed by atoms with Crippen molar-refractivity contribution in [3.63, 3.8) is 0 Å². The number of hydrogen-bond acceptors (Lipinski definition) is 7. The van der Waals surface area contributed by atoms with Gasteiger partial charge in [0.25, 0.3) is 0 Å². The molecule has 0 bridgehead atoms. The summed E-state index contributed by atoms with van der Waals surface area (Å²) in [5.74, 6) is -0.214. The van der Waals surface area contributed by atoms with E-state index in [-0.39, 0.29) is 43.5 Å². The zero-order valence-corrected chi connectivity index (χ0v) is 25.1. The van der Waals surface area contributed by atoms with Crippen molar-refractivity contribution in [1.82, 2.24) is 10.2 Å². The Labute approximate surface area is 251 Å². The number of benzene rings is 2. The number of aliphatic hydroxyl groups is 2. The summed E-state index contributed by atoms with van der Waals surface area (Å²) >= 11 is 8.05. The third kappa shape index (κ3) is 8.06. The summed E-state index contributed by atoms with van der Waals surface area (Å²) in [5, 5.41) is 24.0. The second-order valence-corrected chi connectivity index (χ2v) is 10.7. The van der Waals surface area contributed by atoms with Gasteiger partial charge < -0.3 is 29.9 Å². The van der Waals surface area contributed by atoms with Crippen LogP contribution in [0.4, 0.5) is 0 Å². The highest BCUT2D eigenvalue weighted by Crippen LogP contribution is 2.37. The zero-order valence-electron chi connectivity index (χ0n) is 22.2. The lowest BCUT2D eigenvalue weighted by Gasteiger charge is -2.40. The maximum Gasteiger partial charge on any atom is 0.247 e. The zero-order chi connectivity index (χ0) is 29.2. The van der Waals surface area contributed by atoms with Gasteiger partial charge in [-0.3, -0.25) is 14.4 Å². The van der Waals surface area contributed by atoms with Crippen LogP contribution in [-0.4, -0.2) is 71.7 Å². The van der Waals surface area contributed by atoms with E-state index >= 15 is 0 Å². The molecule has 0 heterocycles. The lowest BCUT2D eigenvalue weighted by atomic mass is 9.87. The molecule has 0 radical (unpaired) electrons. The molecule has 0 spiro atoms. The summed E-state index contributed by atoms with van der Waals surface area (Å²) in [7, 11) is 1.43. The van der Waals surface area contributed by atoms with Crippen molar-refractivity contribution < 1.29 is 34.1 Å². The molecule has 3 rings (SSSR count). The fourth-order valence-corrected chi connectivity index (χ4v) is 5.18. The van der Waals surface area contributed by atoms with Gasteiger partial charge in [0, 0.05) is 35.7 Å². The summed E-state index contributed by atoms with van der Waals surface area (Å²) in [6.07, 6.45) is 3.80. The van der Waals surface area contributed by atoms with Crippen LogP contribution in [0.3, 0.4) is 0 Å². The molecule has 0 aliphatic heterocycles. The predicted molar refractivity (Wildman–Crippen MR) is 160 cm³/mol. The van der Waals surface area contributed by atoms with Crippen molar-refractivity contribution in [1.29, 1.82) is 0 Å². The van der Waals surface area contributed by atoms with Crippen LogP contribution in [0.15, 0.2) is 60.2 Å². The molecule has 2 amide bonds. The molecule has 3 atom stereocenters. The monoisotopic (exact) mass is 682 g/mol. The standard InChI is InChI=1S/C29H32ClIN2O7/c1-3-4-5-26(36)33(16-18-6-8-21(30)9-7-18)23-14-20(29(38)32-10-11-34)15-24(27(23)37)40-28-22(31)12-19(17-35)13-25(28)39-2/h4-9,12-13,15,17,23-24,27,34,37H,3,10-11,14,16H2,1-2H3,(H,32,38). The fourth-order valence-electron chi connectivity index (χ4n) is 4.30. The molecular weight excluding hydrogens is 651 g/mol. The SMILES string of the molecule is CCC=CC(=O)N(Cc1ccc(Cl)cc1)C1CC(C(=O)NCCO)=CC(Oc2c(I)cc(C=O)cc2OC)C1O. The number of ether oxygens (including phenoxy) is 2. The number of nitrogens with zero attached hydrogens (tertiary/aromatic N) is 1. The minimum atomic E-state index is -1.23. The van der Waals surface area contributed by atoms with Crippen molar-refractivity contribution in [2.75, 3.05) is 20.3 Å². The molecule has 40 heavy (non-hydrogen) atoms. The highest BCUT2D eigenvalue weighted by molar-refractivity contribution is 14.1. The van der Waals surface area contributed by atoms with Gasteiger partial charge in [0.1, 0.15) is 18.5 Å². The summed E-state index contributed by atoms with van der Waals surface area (Å²) in [6.45, 7) is 1.86. The molecule has 2 aromatic rings. The molecule has 3 N–H and O–H groups in total. The number of allylic oxidation sites excluding steroid dienone is 1. The number of carbonyl (C=O) groups is 3. The average molecular weight is 683 g/mol. The highest BCUT2D eigenvalue weighted by atomic mass is 127. The molecule has 0 saturated heterocycles. The van der Waals surface area contributed by atoms with Crippen molar-refractivity contribution in [3.8, 4) is 11.5 Å². The van der Waals surface area contributed by atoms with Gasteiger partial charge in [0.05, 0.1) is 23.3 Å². The van der Waals surface area contributed by atoms with Crippen LogP contribution >= 0.6 is 34.2 Å². The lowest BCUT2D eigenvalue weighted by Crippen LogP contribution is -2.54. The lowest BCUT2D eigenvalue weighted by molar-refractivity contribution is -0.134. The van der Waals surface area contributed by atoms with Gasteiger partial charge in [-0.1, -0.05) is 36.7 Å². The number of methoxy groups -OCH3 is 1. The molecule has 1 aliphatic rings. The molecule has 214 valence electrons. The molecule has 3 unspecified atom stereocenters. The number of amides is 2. The summed E-state index contributed by atoms with van der Waals surface area (Å²) in [5.41, 5.74) is 1.46. The molecule has 9 nitrogen and oxygen atoms in total.